The molecule has 6 heteroatoms. The van der Waals surface area contributed by atoms with Crippen LogP contribution in [-0.4, -0.2) is 25.2 Å². The Morgan fingerprint density at radius 3 is 2.41 bits per heavy atom. The SMILES string of the molecule is BC1=C(C)c2occ(C(=O)c3ccc(Cl)cc3)c2C(=O)C1=O. The minimum atomic E-state index is -0.704. The number of carbonyl (C=O) groups excluding carboxylic acids is 3. The summed E-state index contributed by atoms with van der Waals surface area (Å²) in [5.74, 6) is -1.39. The number of ketones is 3. The molecule has 1 aromatic heterocycles. The number of fused-ring (bicyclic) bond motifs is 1. The van der Waals surface area contributed by atoms with Gasteiger partial charge in [-0.1, -0.05) is 11.6 Å². The zero-order valence-corrected chi connectivity index (χ0v) is 12.7. The van der Waals surface area contributed by atoms with E-state index in [0.29, 0.717) is 27.4 Å². The number of hydrogen-bond acceptors (Lipinski definition) is 4. The van der Waals surface area contributed by atoms with Crippen LogP contribution in [0.15, 0.2) is 40.4 Å². The zero-order chi connectivity index (χ0) is 16.0. The van der Waals surface area contributed by atoms with Crippen LogP contribution in [0.2, 0.25) is 5.02 Å². The Bertz CT molecular complexity index is 859. The van der Waals surface area contributed by atoms with Crippen LogP contribution in [0.25, 0.3) is 5.57 Å². The van der Waals surface area contributed by atoms with Crippen molar-refractivity contribution >= 4 is 42.4 Å². The fourth-order valence-corrected chi connectivity index (χ4v) is 2.53. The van der Waals surface area contributed by atoms with Crippen LogP contribution >= 0.6 is 11.6 Å². The molecule has 22 heavy (non-hydrogen) atoms. The number of benzene rings is 1. The van der Waals surface area contributed by atoms with Gasteiger partial charge in [0.2, 0.25) is 11.6 Å². The highest BCUT2D eigenvalue weighted by atomic mass is 35.5. The van der Waals surface area contributed by atoms with Gasteiger partial charge in [-0.25, -0.2) is 0 Å². The van der Waals surface area contributed by atoms with E-state index in [1.165, 1.54) is 6.26 Å². The van der Waals surface area contributed by atoms with Crippen molar-refractivity contribution in [3.05, 3.63) is 63.5 Å². The lowest BCUT2D eigenvalue weighted by Crippen LogP contribution is -2.24. The molecule has 0 radical (unpaired) electrons. The summed E-state index contributed by atoms with van der Waals surface area (Å²) in [4.78, 5) is 36.8. The lowest BCUT2D eigenvalue weighted by molar-refractivity contribution is -0.111. The molecule has 0 amide bonds. The molecule has 0 fully saturated rings. The molecule has 108 valence electrons. The van der Waals surface area contributed by atoms with Gasteiger partial charge < -0.3 is 4.42 Å². The summed E-state index contributed by atoms with van der Waals surface area (Å²) in [6, 6.07) is 6.30. The standard InChI is InChI=1S/C16H10BClO4/c1-7-12(17)15(21)14(20)11-10(6-22-16(7)11)13(19)8-2-4-9(18)5-3-8/h2-6H,17H2,1H3. The van der Waals surface area contributed by atoms with Gasteiger partial charge in [0.15, 0.2) is 5.78 Å². The fraction of sp³-hybridized carbons (Fsp3) is 0.0625. The minimum Gasteiger partial charge on any atom is -0.463 e. The van der Waals surface area contributed by atoms with Crippen LogP contribution in [0.5, 0.6) is 0 Å². The van der Waals surface area contributed by atoms with Crippen molar-refractivity contribution in [1.82, 2.24) is 0 Å². The lowest BCUT2D eigenvalue weighted by atomic mass is 9.77. The highest BCUT2D eigenvalue weighted by Crippen LogP contribution is 2.32. The van der Waals surface area contributed by atoms with Crippen LogP contribution in [0.3, 0.4) is 0 Å². The summed E-state index contributed by atoms with van der Waals surface area (Å²) in [6.07, 6.45) is 1.23. The number of Topliss-reactive ketones (excluding diaryl/α,β-unsaturated/α-hetero) is 2. The molecule has 1 aliphatic carbocycles. The molecular weight excluding hydrogens is 302 g/mol. The van der Waals surface area contributed by atoms with Crippen molar-refractivity contribution in [1.29, 1.82) is 0 Å². The summed E-state index contributed by atoms with van der Waals surface area (Å²) in [7, 11) is 1.57. The second-order valence-corrected chi connectivity index (χ2v) is 5.53. The summed E-state index contributed by atoms with van der Waals surface area (Å²) in [6.45, 7) is 1.69. The normalized spacial score (nSPS) is 14.3. The molecule has 2 aromatic rings. The van der Waals surface area contributed by atoms with Crippen LogP contribution < -0.4 is 0 Å². The molecule has 4 nitrogen and oxygen atoms in total. The predicted octanol–water partition coefficient (Wildman–Crippen LogP) is 2.29. The highest BCUT2D eigenvalue weighted by molar-refractivity contribution is 6.62. The molecule has 0 saturated carbocycles. The number of carbonyl (C=O) groups is 3. The Morgan fingerprint density at radius 1 is 1.14 bits per heavy atom. The van der Waals surface area contributed by atoms with E-state index < -0.39 is 11.6 Å². The molecular formula is C16H10BClO4. The first-order chi connectivity index (χ1) is 10.4. The number of allylic oxidation sites excluding steroid dienone is 2. The van der Waals surface area contributed by atoms with Gasteiger partial charge in [-0.2, -0.15) is 0 Å². The summed E-state index contributed by atoms with van der Waals surface area (Å²) in [5.41, 5.74) is 1.44. The molecule has 0 spiro atoms. The van der Waals surface area contributed by atoms with Gasteiger partial charge in [0.25, 0.3) is 0 Å². The molecule has 1 aliphatic rings. The third-order valence-corrected chi connectivity index (χ3v) is 4.07. The molecule has 3 rings (SSSR count). The van der Waals surface area contributed by atoms with E-state index in [1.54, 1.807) is 39.0 Å². The van der Waals surface area contributed by atoms with Gasteiger partial charge in [-0.15, -0.1) is 0 Å². The van der Waals surface area contributed by atoms with E-state index in [9.17, 15) is 14.4 Å². The Hall–Kier alpha value is -2.40. The maximum absolute atomic E-state index is 12.5. The Labute approximate surface area is 132 Å². The molecule has 0 N–H and O–H groups in total. The fourth-order valence-electron chi connectivity index (χ4n) is 2.41. The van der Waals surface area contributed by atoms with Crippen LogP contribution in [-0.2, 0) is 4.79 Å². The van der Waals surface area contributed by atoms with Crippen LogP contribution in [0.4, 0.5) is 0 Å². The molecule has 0 bridgehead atoms. The Balaban J connectivity index is 2.14. The first kappa shape index (κ1) is 14.5. The number of hydrogen-bond donors (Lipinski definition) is 0. The quantitative estimate of drug-likeness (QED) is 0.485. The molecule has 0 unspecified atom stereocenters. The first-order valence-electron chi connectivity index (χ1n) is 6.60. The summed E-state index contributed by atoms with van der Waals surface area (Å²) < 4.78 is 5.38. The second-order valence-electron chi connectivity index (χ2n) is 5.10. The van der Waals surface area contributed by atoms with Gasteiger partial charge in [-0.05, 0) is 42.2 Å². The van der Waals surface area contributed by atoms with Crippen molar-refractivity contribution in [3.63, 3.8) is 0 Å². The Kier molecular flexibility index (Phi) is 3.37. The van der Waals surface area contributed by atoms with E-state index in [0.717, 1.165) is 0 Å². The van der Waals surface area contributed by atoms with Crippen LogP contribution in [0, 0.1) is 0 Å². The third kappa shape index (κ3) is 2.05. The molecule has 0 atom stereocenters. The predicted molar refractivity (Wildman–Crippen MR) is 84.1 cm³/mol. The number of rotatable bonds is 2. The van der Waals surface area contributed by atoms with E-state index in [1.807, 2.05) is 0 Å². The van der Waals surface area contributed by atoms with E-state index in [2.05, 4.69) is 0 Å². The first-order valence-corrected chi connectivity index (χ1v) is 6.98. The van der Waals surface area contributed by atoms with Gasteiger partial charge in [0.1, 0.15) is 19.9 Å². The average molecular weight is 313 g/mol. The maximum atomic E-state index is 12.5. The van der Waals surface area contributed by atoms with E-state index >= 15 is 0 Å². The van der Waals surface area contributed by atoms with Crippen molar-refractivity contribution in [2.24, 2.45) is 0 Å². The smallest absolute Gasteiger partial charge is 0.236 e. The highest BCUT2D eigenvalue weighted by Gasteiger charge is 2.35. The van der Waals surface area contributed by atoms with Crippen molar-refractivity contribution < 1.29 is 18.8 Å². The molecule has 0 saturated heterocycles. The average Bonchev–Trinajstić information content (AvgIpc) is 2.96. The topological polar surface area (TPSA) is 64.3 Å². The number of furan rings is 1. The molecule has 1 aromatic carbocycles. The van der Waals surface area contributed by atoms with Crippen LogP contribution in [0.1, 0.15) is 39.0 Å². The largest absolute Gasteiger partial charge is 0.463 e. The molecule has 1 heterocycles. The zero-order valence-electron chi connectivity index (χ0n) is 11.9. The number of halogens is 1. The Morgan fingerprint density at radius 2 is 1.77 bits per heavy atom. The van der Waals surface area contributed by atoms with Gasteiger partial charge >= 0.3 is 0 Å². The maximum Gasteiger partial charge on any atom is 0.236 e. The third-order valence-electron chi connectivity index (χ3n) is 3.82. The van der Waals surface area contributed by atoms with Crippen molar-refractivity contribution in [2.45, 2.75) is 6.92 Å². The minimum absolute atomic E-state index is 0.0491. The van der Waals surface area contributed by atoms with Gasteiger partial charge in [0.05, 0.1) is 11.1 Å². The van der Waals surface area contributed by atoms with Crippen molar-refractivity contribution in [2.75, 3.05) is 0 Å². The van der Waals surface area contributed by atoms with E-state index in [-0.39, 0.29) is 16.9 Å². The molecule has 0 aliphatic heterocycles. The lowest BCUT2D eigenvalue weighted by Gasteiger charge is -2.13. The second kappa shape index (κ2) is 5.11. The monoisotopic (exact) mass is 312 g/mol. The van der Waals surface area contributed by atoms with Crippen molar-refractivity contribution in [3.8, 4) is 0 Å². The van der Waals surface area contributed by atoms with Gasteiger partial charge in [-0.3, -0.25) is 14.4 Å². The summed E-state index contributed by atoms with van der Waals surface area (Å²) in [5, 5.41) is 0.506. The summed E-state index contributed by atoms with van der Waals surface area (Å²) >= 11 is 5.80. The van der Waals surface area contributed by atoms with Gasteiger partial charge in [0, 0.05) is 10.6 Å². The van der Waals surface area contributed by atoms with E-state index in [4.69, 9.17) is 16.0 Å².